The van der Waals surface area contributed by atoms with E-state index in [1.165, 1.54) is 29.2 Å². The largest absolute Gasteiger partial charge is 0.435 e. The van der Waals surface area contributed by atoms with E-state index in [4.69, 9.17) is 0 Å². The van der Waals surface area contributed by atoms with E-state index in [0.29, 0.717) is 10.5 Å². The number of rotatable bonds is 7. The molecule has 0 saturated carbocycles. The average molecular weight is 405 g/mol. The first kappa shape index (κ1) is 21.0. The summed E-state index contributed by atoms with van der Waals surface area (Å²) in [5.41, 5.74) is -0.0593. The molecule has 0 aliphatic heterocycles. The molecule has 1 amide bonds. The summed E-state index contributed by atoms with van der Waals surface area (Å²) in [6.45, 7) is -2.68. The Morgan fingerprint density at radius 2 is 1.81 bits per heavy atom. The molecule has 0 atom stereocenters. The lowest BCUT2D eigenvalue weighted by molar-refractivity contribution is -0.137. The van der Waals surface area contributed by atoms with E-state index in [2.05, 4.69) is 4.74 Å². The highest BCUT2D eigenvalue weighted by Crippen LogP contribution is 2.31. The van der Waals surface area contributed by atoms with Crippen molar-refractivity contribution in [3.8, 4) is 5.75 Å². The first-order chi connectivity index (χ1) is 12.6. The predicted octanol–water partition coefficient (Wildman–Crippen LogP) is 5.06. The van der Waals surface area contributed by atoms with Crippen molar-refractivity contribution in [2.45, 2.75) is 24.2 Å². The molecule has 0 radical (unpaired) electrons. The monoisotopic (exact) mass is 405 g/mol. The van der Waals surface area contributed by atoms with Crippen LogP contribution < -0.4 is 4.74 Å². The van der Waals surface area contributed by atoms with Gasteiger partial charge in [0, 0.05) is 18.5 Å². The van der Waals surface area contributed by atoms with E-state index >= 15 is 0 Å². The second-order valence-corrected chi connectivity index (χ2v) is 6.64. The highest BCUT2D eigenvalue weighted by atomic mass is 32.2. The molecule has 0 aliphatic carbocycles. The van der Waals surface area contributed by atoms with E-state index in [-0.39, 0.29) is 24.0 Å². The minimum atomic E-state index is -4.43. The van der Waals surface area contributed by atoms with Crippen LogP contribution in [-0.4, -0.2) is 30.2 Å². The van der Waals surface area contributed by atoms with Gasteiger partial charge in [0.2, 0.25) is 5.91 Å². The third-order valence-electron chi connectivity index (χ3n) is 3.52. The van der Waals surface area contributed by atoms with Gasteiger partial charge >= 0.3 is 12.8 Å². The Morgan fingerprint density at radius 1 is 1.15 bits per heavy atom. The summed E-state index contributed by atoms with van der Waals surface area (Å²) in [5.74, 6) is -0.280. The lowest BCUT2D eigenvalue weighted by Crippen LogP contribution is -2.27. The highest BCUT2D eigenvalue weighted by Gasteiger charge is 2.30. The van der Waals surface area contributed by atoms with Gasteiger partial charge in [0.25, 0.3) is 0 Å². The molecule has 0 aromatic heterocycles. The number of carbonyl (C=O) groups excluding carboxylic acids is 1. The molecule has 0 saturated heterocycles. The summed E-state index contributed by atoms with van der Waals surface area (Å²) in [7, 11) is 1.55. The summed E-state index contributed by atoms with van der Waals surface area (Å²) in [6, 6.07) is 10.6. The molecule has 9 heteroatoms. The van der Waals surface area contributed by atoms with E-state index < -0.39 is 18.4 Å². The van der Waals surface area contributed by atoms with Gasteiger partial charge in [0.05, 0.1) is 11.3 Å². The molecule has 0 heterocycles. The number of amides is 1. The first-order valence-electron chi connectivity index (χ1n) is 7.73. The van der Waals surface area contributed by atoms with Crippen LogP contribution in [0.25, 0.3) is 0 Å². The maximum atomic E-state index is 12.7. The number of nitrogens with zero attached hydrogens (tertiary/aromatic N) is 1. The van der Waals surface area contributed by atoms with E-state index in [1.807, 2.05) is 0 Å². The van der Waals surface area contributed by atoms with Gasteiger partial charge in [0.1, 0.15) is 5.75 Å². The number of halogens is 5. The number of hydrogen-bond acceptors (Lipinski definition) is 3. The van der Waals surface area contributed by atoms with Crippen LogP contribution in [0.15, 0.2) is 53.4 Å². The summed E-state index contributed by atoms with van der Waals surface area (Å²) in [6.07, 6.45) is -4.43. The predicted molar refractivity (Wildman–Crippen MR) is 91.7 cm³/mol. The highest BCUT2D eigenvalue weighted by molar-refractivity contribution is 8.00. The lowest BCUT2D eigenvalue weighted by Gasteiger charge is -2.17. The van der Waals surface area contributed by atoms with Crippen LogP contribution in [0, 0.1) is 0 Å². The van der Waals surface area contributed by atoms with Crippen molar-refractivity contribution in [3.05, 3.63) is 59.7 Å². The van der Waals surface area contributed by atoms with Crippen molar-refractivity contribution >= 4 is 17.7 Å². The molecule has 146 valence electrons. The molecule has 0 fully saturated rings. The Bertz CT molecular complexity index is 765. The zero-order chi connectivity index (χ0) is 20.0. The Kier molecular flexibility index (Phi) is 7.06. The van der Waals surface area contributed by atoms with Gasteiger partial charge in [-0.3, -0.25) is 4.79 Å². The van der Waals surface area contributed by atoms with Crippen LogP contribution in [-0.2, 0) is 17.5 Å². The minimum absolute atomic E-state index is 0.0165. The molecule has 3 nitrogen and oxygen atoms in total. The SMILES string of the molecule is CN(Cc1ccc(OC(F)F)cc1)C(=O)CSc1cccc(C(F)(F)F)c1. The second-order valence-electron chi connectivity index (χ2n) is 5.59. The maximum Gasteiger partial charge on any atom is 0.416 e. The molecule has 27 heavy (non-hydrogen) atoms. The summed E-state index contributed by atoms with van der Waals surface area (Å²) in [5, 5.41) is 0. The average Bonchev–Trinajstić information content (AvgIpc) is 2.60. The number of benzene rings is 2. The molecule has 0 aliphatic rings. The van der Waals surface area contributed by atoms with Crippen molar-refractivity contribution in [2.24, 2.45) is 0 Å². The maximum absolute atomic E-state index is 12.7. The Hall–Kier alpha value is -2.29. The number of carbonyl (C=O) groups is 1. The molecular weight excluding hydrogens is 389 g/mol. The van der Waals surface area contributed by atoms with Gasteiger partial charge in [0.15, 0.2) is 0 Å². The van der Waals surface area contributed by atoms with Crippen molar-refractivity contribution in [2.75, 3.05) is 12.8 Å². The zero-order valence-corrected chi connectivity index (χ0v) is 15.0. The number of thioether (sulfide) groups is 1. The fourth-order valence-electron chi connectivity index (χ4n) is 2.16. The number of hydrogen-bond donors (Lipinski definition) is 0. The topological polar surface area (TPSA) is 29.5 Å². The van der Waals surface area contributed by atoms with Crippen LogP contribution in [0.3, 0.4) is 0 Å². The summed E-state index contributed by atoms with van der Waals surface area (Å²) < 4.78 is 66.6. The third kappa shape index (κ3) is 6.74. The van der Waals surface area contributed by atoms with Crippen molar-refractivity contribution in [1.82, 2.24) is 4.90 Å². The normalized spacial score (nSPS) is 11.5. The van der Waals surface area contributed by atoms with Crippen molar-refractivity contribution in [1.29, 1.82) is 0 Å². The third-order valence-corrected chi connectivity index (χ3v) is 4.50. The van der Waals surface area contributed by atoms with Crippen LogP contribution in [0.1, 0.15) is 11.1 Å². The zero-order valence-electron chi connectivity index (χ0n) is 14.2. The van der Waals surface area contributed by atoms with E-state index in [1.54, 1.807) is 19.2 Å². The van der Waals surface area contributed by atoms with Gasteiger partial charge in [-0.25, -0.2) is 0 Å². The molecule has 0 spiro atoms. The molecule has 2 aromatic carbocycles. The van der Waals surface area contributed by atoms with Crippen LogP contribution in [0.2, 0.25) is 0 Å². The van der Waals surface area contributed by atoms with Crippen LogP contribution >= 0.6 is 11.8 Å². The van der Waals surface area contributed by atoms with Gasteiger partial charge in [-0.1, -0.05) is 18.2 Å². The molecule has 2 aromatic rings. The number of alkyl halides is 5. The quantitative estimate of drug-likeness (QED) is 0.477. The first-order valence-corrected chi connectivity index (χ1v) is 8.71. The molecule has 0 N–H and O–H groups in total. The van der Waals surface area contributed by atoms with Gasteiger partial charge in [-0.05, 0) is 35.9 Å². The Morgan fingerprint density at radius 3 is 2.41 bits per heavy atom. The van der Waals surface area contributed by atoms with Crippen LogP contribution in [0.5, 0.6) is 5.75 Å². The van der Waals surface area contributed by atoms with Gasteiger partial charge < -0.3 is 9.64 Å². The molecular formula is C18H16F5NO2S. The molecule has 0 bridgehead atoms. The number of ether oxygens (including phenoxy) is 1. The van der Waals surface area contributed by atoms with Crippen molar-refractivity contribution < 1.29 is 31.5 Å². The van der Waals surface area contributed by atoms with Gasteiger partial charge in [-0.15, -0.1) is 11.8 Å². The fraction of sp³-hybridized carbons (Fsp3) is 0.278. The van der Waals surface area contributed by atoms with Crippen LogP contribution in [0.4, 0.5) is 22.0 Å². The fourth-order valence-corrected chi connectivity index (χ4v) is 3.05. The summed E-state index contributed by atoms with van der Waals surface area (Å²) in [4.78, 5) is 13.9. The van der Waals surface area contributed by atoms with E-state index in [0.717, 1.165) is 23.9 Å². The lowest BCUT2D eigenvalue weighted by atomic mass is 10.2. The summed E-state index contributed by atoms with van der Waals surface area (Å²) >= 11 is 1.01. The molecule has 0 unspecified atom stereocenters. The second kappa shape index (κ2) is 9.07. The standard InChI is InChI=1S/C18H16F5NO2S/c1-24(10-12-5-7-14(8-6-12)26-17(19)20)16(25)11-27-15-4-2-3-13(9-15)18(21,22)23/h2-9,17H,10-11H2,1H3. The Labute approximate surface area is 157 Å². The van der Waals surface area contributed by atoms with Gasteiger partial charge in [-0.2, -0.15) is 22.0 Å². The van der Waals surface area contributed by atoms with E-state index in [9.17, 15) is 26.7 Å². The Balaban J connectivity index is 1.89. The minimum Gasteiger partial charge on any atom is -0.435 e. The van der Waals surface area contributed by atoms with Crippen molar-refractivity contribution in [3.63, 3.8) is 0 Å². The molecule has 2 rings (SSSR count). The smallest absolute Gasteiger partial charge is 0.416 e.